The number of nitrogens with one attached hydrogen (secondary N) is 1. The lowest BCUT2D eigenvalue weighted by Gasteiger charge is -2.34. The van der Waals surface area contributed by atoms with E-state index in [4.69, 9.17) is 9.47 Å². The topological polar surface area (TPSA) is 106 Å². The van der Waals surface area contributed by atoms with Crippen molar-refractivity contribution in [3.05, 3.63) is 44.4 Å². The average molecular weight is 381 g/mol. The van der Waals surface area contributed by atoms with Crippen LogP contribution in [0.4, 0.5) is 0 Å². The van der Waals surface area contributed by atoms with E-state index in [0.717, 1.165) is 23.1 Å². The van der Waals surface area contributed by atoms with Gasteiger partial charge in [-0.1, -0.05) is 41.3 Å². The van der Waals surface area contributed by atoms with Crippen molar-refractivity contribution in [3.8, 4) is 5.75 Å². The Morgan fingerprint density at radius 1 is 1.16 bits per heavy atom. The first kappa shape index (κ1) is 17.6. The Labute approximate surface area is 151 Å². The van der Waals surface area contributed by atoms with E-state index in [1.54, 1.807) is 18.2 Å². The molecule has 0 saturated carbocycles. The molecule has 0 unspecified atom stereocenters. The van der Waals surface area contributed by atoms with E-state index in [9.17, 15) is 19.5 Å². The van der Waals surface area contributed by atoms with Gasteiger partial charge in [0, 0.05) is 16.4 Å². The van der Waals surface area contributed by atoms with Gasteiger partial charge < -0.3 is 19.6 Å². The second-order valence-electron chi connectivity index (χ2n) is 5.35. The molecule has 1 aromatic carbocycles. The molecule has 9 heteroatoms. The van der Waals surface area contributed by atoms with E-state index < -0.39 is 29.0 Å². The minimum atomic E-state index is -0.935. The molecule has 0 amide bonds. The zero-order valence-corrected chi connectivity index (χ0v) is 15.0. The monoisotopic (exact) mass is 381 g/mol. The number of rotatable bonds is 3. The fourth-order valence-corrected chi connectivity index (χ4v) is 5.44. The molecule has 2 aromatic rings. The summed E-state index contributed by atoms with van der Waals surface area (Å²) in [6, 6.07) is 6.52. The second-order valence-corrected chi connectivity index (χ2v) is 7.52. The van der Waals surface area contributed by atoms with Crippen molar-refractivity contribution in [2.24, 2.45) is 5.92 Å². The van der Waals surface area contributed by atoms with E-state index in [2.05, 4.69) is 4.98 Å². The lowest BCUT2D eigenvalue weighted by Crippen LogP contribution is -2.40. The third kappa shape index (κ3) is 3.05. The van der Waals surface area contributed by atoms with Gasteiger partial charge in [0.25, 0.3) is 0 Å². The summed E-state index contributed by atoms with van der Waals surface area (Å²) >= 11 is 2.02. The van der Waals surface area contributed by atoms with Gasteiger partial charge in [0.2, 0.25) is 0 Å². The molecule has 2 heterocycles. The number of thioether (sulfide) groups is 1. The molecule has 7 nitrogen and oxygen atoms in total. The number of carbonyl (C=O) groups is 2. The summed E-state index contributed by atoms with van der Waals surface area (Å²) in [5, 5.41) is 9.89. The standard InChI is InChI=1S/C16H15NO6S2/c1-22-14(19)10-9(7-5-3-4-6-8(7)18)11-13(17-16(21)25-11)24-12(10)15(20)23-2/h3-6,9-10,12,18H,1-2H3,(H,17,21)/t9-,10+,12+/m0/s1. The number of hydrogen-bond donors (Lipinski definition) is 2. The molecule has 1 aliphatic heterocycles. The molecule has 2 N–H and O–H groups in total. The quantitative estimate of drug-likeness (QED) is 0.780. The zero-order valence-electron chi connectivity index (χ0n) is 13.3. The van der Waals surface area contributed by atoms with Crippen LogP contribution in [0.3, 0.4) is 0 Å². The molecule has 3 rings (SSSR count). The number of phenols is 1. The highest BCUT2D eigenvalue weighted by molar-refractivity contribution is 8.00. The van der Waals surface area contributed by atoms with Crippen LogP contribution in [0.2, 0.25) is 0 Å². The number of aromatic amines is 1. The Hall–Kier alpha value is -2.26. The number of para-hydroxylation sites is 1. The van der Waals surface area contributed by atoms with Crippen LogP contribution < -0.4 is 4.87 Å². The number of aromatic hydroxyl groups is 1. The number of H-pyrrole nitrogens is 1. The van der Waals surface area contributed by atoms with Gasteiger partial charge in [0.15, 0.2) is 0 Å². The van der Waals surface area contributed by atoms with Crippen LogP contribution in [0, 0.1) is 5.92 Å². The number of methoxy groups -OCH3 is 2. The van der Waals surface area contributed by atoms with Crippen LogP contribution in [0.5, 0.6) is 5.75 Å². The van der Waals surface area contributed by atoms with Crippen molar-refractivity contribution in [2.75, 3.05) is 14.2 Å². The summed E-state index contributed by atoms with van der Waals surface area (Å²) < 4.78 is 9.73. The van der Waals surface area contributed by atoms with Gasteiger partial charge in [0.05, 0.1) is 25.2 Å². The van der Waals surface area contributed by atoms with Crippen LogP contribution in [-0.4, -0.2) is 41.5 Å². The van der Waals surface area contributed by atoms with E-state index in [0.29, 0.717) is 15.5 Å². The molecule has 25 heavy (non-hydrogen) atoms. The van der Waals surface area contributed by atoms with Crippen molar-refractivity contribution < 1.29 is 24.2 Å². The summed E-state index contributed by atoms with van der Waals surface area (Å²) in [7, 11) is 2.47. The smallest absolute Gasteiger partial charge is 0.320 e. The van der Waals surface area contributed by atoms with Gasteiger partial charge in [-0.05, 0) is 6.07 Å². The highest BCUT2D eigenvalue weighted by Gasteiger charge is 2.49. The third-order valence-corrected chi connectivity index (χ3v) is 6.43. The molecule has 1 aromatic heterocycles. The maximum absolute atomic E-state index is 12.5. The predicted molar refractivity (Wildman–Crippen MR) is 92.1 cm³/mol. The van der Waals surface area contributed by atoms with Crippen LogP contribution in [0.1, 0.15) is 16.4 Å². The van der Waals surface area contributed by atoms with Crippen molar-refractivity contribution in [1.29, 1.82) is 0 Å². The largest absolute Gasteiger partial charge is 0.508 e. The fraction of sp³-hybridized carbons (Fsp3) is 0.312. The summed E-state index contributed by atoms with van der Waals surface area (Å²) in [5.74, 6) is -2.86. The fourth-order valence-electron chi connectivity index (χ4n) is 2.95. The summed E-state index contributed by atoms with van der Waals surface area (Å²) in [4.78, 5) is 39.6. The number of hydrogen-bond acceptors (Lipinski definition) is 8. The molecule has 0 spiro atoms. The molecule has 0 saturated heterocycles. The summed E-state index contributed by atoms with van der Waals surface area (Å²) in [6.45, 7) is 0. The minimum absolute atomic E-state index is 0.0243. The van der Waals surface area contributed by atoms with Crippen molar-refractivity contribution >= 4 is 35.0 Å². The number of ether oxygens (including phenoxy) is 2. The van der Waals surface area contributed by atoms with Crippen LogP contribution in [-0.2, 0) is 19.1 Å². The number of aromatic nitrogens is 1. The second kappa shape index (κ2) is 6.93. The van der Waals surface area contributed by atoms with Crippen molar-refractivity contribution in [3.63, 3.8) is 0 Å². The highest BCUT2D eigenvalue weighted by Crippen LogP contribution is 2.51. The zero-order chi connectivity index (χ0) is 18.1. The molecule has 132 valence electrons. The van der Waals surface area contributed by atoms with E-state index in [1.165, 1.54) is 20.3 Å². The number of carbonyl (C=O) groups excluding carboxylic acids is 2. The first-order valence-corrected chi connectivity index (χ1v) is 9.00. The number of fused-ring (bicyclic) bond motifs is 1. The van der Waals surface area contributed by atoms with Gasteiger partial charge in [-0.3, -0.25) is 14.4 Å². The normalized spacial score (nSPS) is 22.1. The van der Waals surface area contributed by atoms with Gasteiger partial charge in [-0.2, -0.15) is 0 Å². The molecular formula is C16H15NO6S2. The minimum Gasteiger partial charge on any atom is -0.508 e. The molecular weight excluding hydrogens is 366 g/mol. The number of phenolic OH excluding ortho intramolecular Hbond substituents is 1. The van der Waals surface area contributed by atoms with Gasteiger partial charge in [-0.15, -0.1) is 0 Å². The Morgan fingerprint density at radius 3 is 2.48 bits per heavy atom. The maximum Gasteiger partial charge on any atom is 0.320 e. The molecule has 1 aliphatic rings. The van der Waals surface area contributed by atoms with Crippen LogP contribution in [0.15, 0.2) is 34.1 Å². The Balaban J connectivity index is 2.24. The van der Waals surface area contributed by atoms with Gasteiger partial charge in [-0.25, -0.2) is 0 Å². The molecule has 3 atom stereocenters. The van der Waals surface area contributed by atoms with Gasteiger partial charge >= 0.3 is 16.8 Å². The Morgan fingerprint density at radius 2 is 1.84 bits per heavy atom. The number of esters is 2. The number of thiazole rings is 1. The van der Waals surface area contributed by atoms with Crippen molar-refractivity contribution in [2.45, 2.75) is 16.2 Å². The molecule has 0 radical (unpaired) electrons. The first-order valence-electron chi connectivity index (χ1n) is 7.31. The number of benzene rings is 1. The SMILES string of the molecule is COC(=O)[C@@H]1[C@H](c2ccccc2O)c2sc(=O)[nH]c2S[C@H]1C(=O)OC. The van der Waals surface area contributed by atoms with E-state index in [1.807, 2.05) is 0 Å². The van der Waals surface area contributed by atoms with Gasteiger partial charge in [0.1, 0.15) is 11.0 Å². The predicted octanol–water partition coefficient (Wildman–Crippen LogP) is 1.71. The average Bonchev–Trinajstić information content (AvgIpc) is 2.99. The van der Waals surface area contributed by atoms with Crippen LogP contribution in [0.25, 0.3) is 0 Å². The third-order valence-electron chi connectivity index (χ3n) is 4.03. The van der Waals surface area contributed by atoms with Crippen molar-refractivity contribution in [1.82, 2.24) is 4.98 Å². The summed E-state index contributed by atoms with van der Waals surface area (Å²) in [6.07, 6.45) is 0. The van der Waals surface area contributed by atoms with Crippen LogP contribution >= 0.6 is 23.1 Å². The molecule has 0 bridgehead atoms. The summed E-state index contributed by atoms with van der Waals surface area (Å²) in [5.41, 5.74) is 0.448. The Bertz CT molecular complexity index is 874. The maximum atomic E-state index is 12.5. The highest BCUT2D eigenvalue weighted by atomic mass is 32.2. The lowest BCUT2D eigenvalue weighted by atomic mass is 9.81. The first-order chi connectivity index (χ1) is 12.0. The Kier molecular flexibility index (Phi) is 4.87. The molecule has 0 aliphatic carbocycles. The van der Waals surface area contributed by atoms with E-state index >= 15 is 0 Å². The molecule has 0 fully saturated rings. The van der Waals surface area contributed by atoms with E-state index in [-0.39, 0.29) is 10.6 Å². The lowest BCUT2D eigenvalue weighted by molar-refractivity contribution is -0.151.